The van der Waals surface area contributed by atoms with Crippen LogP contribution in [0.25, 0.3) is 11.1 Å². The zero-order valence-electron chi connectivity index (χ0n) is 18.2. The minimum Gasteiger partial charge on any atom is -0.397 e. The Labute approximate surface area is 176 Å². The molecule has 0 aliphatic heterocycles. The smallest absolute Gasteiger partial charge is 0.0554 e. The molecule has 4 heteroatoms. The van der Waals surface area contributed by atoms with Gasteiger partial charge in [-0.2, -0.15) is 0 Å². The van der Waals surface area contributed by atoms with E-state index >= 15 is 0 Å². The second-order valence-corrected chi connectivity index (χ2v) is 8.76. The van der Waals surface area contributed by atoms with Gasteiger partial charge in [0, 0.05) is 5.41 Å². The van der Waals surface area contributed by atoms with Gasteiger partial charge in [0.05, 0.1) is 22.7 Å². The third kappa shape index (κ3) is 4.03. The summed E-state index contributed by atoms with van der Waals surface area (Å²) in [7, 11) is 0. The van der Waals surface area contributed by atoms with E-state index in [2.05, 4.69) is 26.0 Å². The van der Waals surface area contributed by atoms with E-state index in [0.717, 1.165) is 12.8 Å². The largest absolute Gasteiger partial charge is 0.397 e. The molecular formula is C25H38N4. The molecule has 0 fully saturated rings. The van der Waals surface area contributed by atoms with Crippen LogP contribution in [0.4, 0.5) is 22.7 Å². The van der Waals surface area contributed by atoms with Gasteiger partial charge in [-0.3, -0.25) is 0 Å². The fraction of sp³-hybridized carbons (Fsp3) is 0.520. The second-order valence-electron chi connectivity index (χ2n) is 8.76. The first kappa shape index (κ1) is 21.4. The number of fused-ring (bicyclic) bond motifs is 3. The van der Waals surface area contributed by atoms with Crippen LogP contribution in [0.15, 0.2) is 24.3 Å². The van der Waals surface area contributed by atoms with Crippen molar-refractivity contribution in [2.75, 3.05) is 22.9 Å². The number of benzene rings is 2. The molecule has 0 saturated heterocycles. The third-order valence-corrected chi connectivity index (χ3v) is 6.68. The molecule has 1 aliphatic carbocycles. The maximum absolute atomic E-state index is 6.29. The lowest BCUT2D eigenvalue weighted by atomic mass is 9.70. The minimum atomic E-state index is -0.0458. The molecule has 0 spiro atoms. The van der Waals surface area contributed by atoms with Crippen LogP contribution in [-0.4, -0.2) is 0 Å². The summed E-state index contributed by atoms with van der Waals surface area (Å²) < 4.78 is 0. The summed E-state index contributed by atoms with van der Waals surface area (Å²) in [6, 6.07) is 8.32. The molecular weight excluding hydrogens is 356 g/mol. The fourth-order valence-corrected chi connectivity index (χ4v) is 5.02. The van der Waals surface area contributed by atoms with E-state index in [9.17, 15) is 0 Å². The Kier molecular flexibility index (Phi) is 6.61. The molecule has 8 N–H and O–H groups in total. The van der Waals surface area contributed by atoms with Gasteiger partial charge in [0.1, 0.15) is 0 Å². The van der Waals surface area contributed by atoms with E-state index in [0.29, 0.717) is 22.7 Å². The van der Waals surface area contributed by atoms with E-state index in [4.69, 9.17) is 22.9 Å². The van der Waals surface area contributed by atoms with Crippen molar-refractivity contribution in [1.82, 2.24) is 0 Å². The number of hydrogen-bond acceptors (Lipinski definition) is 4. The van der Waals surface area contributed by atoms with Crippen molar-refractivity contribution in [3.8, 4) is 11.1 Å². The van der Waals surface area contributed by atoms with Crippen LogP contribution in [0.5, 0.6) is 0 Å². The van der Waals surface area contributed by atoms with E-state index in [-0.39, 0.29) is 5.41 Å². The molecule has 3 rings (SSSR count). The molecule has 0 heterocycles. The number of hydrogen-bond donors (Lipinski definition) is 4. The Hall–Kier alpha value is -2.36. The van der Waals surface area contributed by atoms with Gasteiger partial charge in [-0.05, 0) is 59.4 Å². The summed E-state index contributed by atoms with van der Waals surface area (Å²) in [4.78, 5) is 0. The topological polar surface area (TPSA) is 104 Å². The number of nitrogens with two attached hydrogens (primary N) is 4. The Morgan fingerprint density at radius 1 is 0.552 bits per heavy atom. The quantitative estimate of drug-likeness (QED) is 0.283. The molecule has 0 saturated carbocycles. The second kappa shape index (κ2) is 8.98. The SMILES string of the molecule is CCCCCCC1(CCCCCC)c2cc(N)c(N)cc2-c2cc(N)c(N)cc21. The maximum Gasteiger partial charge on any atom is 0.0554 e. The Morgan fingerprint density at radius 2 is 0.931 bits per heavy atom. The normalized spacial score (nSPS) is 14.0. The minimum absolute atomic E-state index is 0.0458. The number of unbranched alkanes of at least 4 members (excludes halogenated alkanes) is 6. The maximum atomic E-state index is 6.29. The van der Waals surface area contributed by atoms with Crippen molar-refractivity contribution in [3.63, 3.8) is 0 Å². The first-order valence-corrected chi connectivity index (χ1v) is 11.3. The van der Waals surface area contributed by atoms with E-state index < -0.39 is 0 Å². The van der Waals surface area contributed by atoms with Crippen molar-refractivity contribution >= 4 is 22.7 Å². The Morgan fingerprint density at radius 3 is 1.31 bits per heavy atom. The van der Waals surface area contributed by atoms with Crippen LogP contribution in [0, 0.1) is 0 Å². The highest BCUT2D eigenvalue weighted by molar-refractivity contribution is 5.90. The zero-order valence-corrected chi connectivity index (χ0v) is 18.2. The van der Waals surface area contributed by atoms with Crippen molar-refractivity contribution in [2.24, 2.45) is 0 Å². The summed E-state index contributed by atoms with van der Waals surface area (Å²) in [6.07, 6.45) is 12.2. The zero-order chi connectivity index (χ0) is 21.0. The molecule has 2 aromatic carbocycles. The van der Waals surface area contributed by atoms with Crippen molar-refractivity contribution in [3.05, 3.63) is 35.4 Å². The van der Waals surface area contributed by atoms with Gasteiger partial charge in [-0.25, -0.2) is 0 Å². The van der Waals surface area contributed by atoms with Gasteiger partial charge in [0.25, 0.3) is 0 Å². The van der Waals surface area contributed by atoms with Crippen molar-refractivity contribution in [1.29, 1.82) is 0 Å². The molecule has 158 valence electrons. The predicted molar refractivity (Wildman–Crippen MR) is 128 cm³/mol. The first-order chi connectivity index (χ1) is 13.9. The Balaban J connectivity index is 2.11. The molecule has 0 unspecified atom stereocenters. The average molecular weight is 395 g/mol. The summed E-state index contributed by atoms with van der Waals surface area (Å²) in [5.74, 6) is 0. The molecule has 4 nitrogen and oxygen atoms in total. The van der Waals surface area contributed by atoms with Gasteiger partial charge in [0.2, 0.25) is 0 Å². The fourth-order valence-electron chi connectivity index (χ4n) is 5.02. The number of rotatable bonds is 10. The van der Waals surface area contributed by atoms with Crippen LogP contribution >= 0.6 is 0 Å². The molecule has 1 aliphatic rings. The van der Waals surface area contributed by atoms with Gasteiger partial charge < -0.3 is 22.9 Å². The summed E-state index contributed by atoms with van der Waals surface area (Å²) in [5.41, 5.74) is 32.6. The molecule has 0 aromatic heterocycles. The standard InChI is InChI=1S/C25H38N4/c1-3-5-7-9-11-25(12-10-8-6-4-2)19-15-23(28)21(26)13-17(19)18-14-22(27)24(29)16-20(18)25/h13-16H,3-12,26-29H2,1-2H3. The third-order valence-electron chi connectivity index (χ3n) is 6.68. The van der Waals surface area contributed by atoms with Gasteiger partial charge in [0.15, 0.2) is 0 Å². The lowest BCUT2D eigenvalue weighted by Crippen LogP contribution is -2.26. The lowest BCUT2D eigenvalue weighted by molar-refractivity contribution is 0.401. The van der Waals surface area contributed by atoms with Gasteiger partial charge in [-0.1, -0.05) is 65.2 Å². The highest BCUT2D eigenvalue weighted by atomic mass is 14.7. The summed E-state index contributed by atoms with van der Waals surface area (Å²) >= 11 is 0. The number of nitrogen functional groups attached to an aromatic ring is 4. The van der Waals surface area contributed by atoms with Crippen LogP contribution in [-0.2, 0) is 5.41 Å². The number of anilines is 4. The van der Waals surface area contributed by atoms with Crippen LogP contribution in [0.1, 0.15) is 89.2 Å². The molecule has 0 bridgehead atoms. The van der Waals surface area contributed by atoms with E-state index in [1.165, 1.54) is 73.6 Å². The lowest BCUT2D eigenvalue weighted by Gasteiger charge is -2.33. The summed E-state index contributed by atoms with van der Waals surface area (Å²) in [5, 5.41) is 0. The van der Waals surface area contributed by atoms with E-state index in [1.807, 2.05) is 12.1 Å². The van der Waals surface area contributed by atoms with Crippen molar-refractivity contribution < 1.29 is 0 Å². The van der Waals surface area contributed by atoms with Crippen LogP contribution < -0.4 is 22.9 Å². The van der Waals surface area contributed by atoms with Gasteiger partial charge in [-0.15, -0.1) is 0 Å². The highest BCUT2D eigenvalue weighted by Gasteiger charge is 2.43. The molecule has 2 aromatic rings. The first-order valence-electron chi connectivity index (χ1n) is 11.3. The molecule has 0 radical (unpaired) electrons. The Bertz CT molecular complexity index is 785. The molecule has 0 amide bonds. The monoisotopic (exact) mass is 394 g/mol. The average Bonchev–Trinajstić information content (AvgIpc) is 2.93. The van der Waals surface area contributed by atoms with E-state index in [1.54, 1.807) is 0 Å². The van der Waals surface area contributed by atoms with Crippen LogP contribution in [0.3, 0.4) is 0 Å². The van der Waals surface area contributed by atoms with Crippen LogP contribution in [0.2, 0.25) is 0 Å². The highest BCUT2D eigenvalue weighted by Crippen LogP contribution is 2.56. The van der Waals surface area contributed by atoms with Crippen molar-refractivity contribution in [2.45, 2.75) is 83.5 Å². The predicted octanol–water partition coefficient (Wildman–Crippen LogP) is 6.22. The summed E-state index contributed by atoms with van der Waals surface area (Å²) in [6.45, 7) is 4.52. The molecule has 0 atom stereocenters. The van der Waals surface area contributed by atoms with Gasteiger partial charge >= 0.3 is 0 Å². The molecule has 29 heavy (non-hydrogen) atoms.